The minimum Gasteiger partial charge on any atom is -0.338 e. The van der Waals surface area contributed by atoms with E-state index in [1.54, 1.807) is 6.07 Å². The number of hydrogen-bond donors (Lipinski definition) is 1. The van der Waals surface area contributed by atoms with Crippen LogP contribution in [0.5, 0.6) is 0 Å². The van der Waals surface area contributed by atoms with Crippen molar-refractivity contribution in [2.75, 3.05) is 18.0 Å². The number of nitrogens with zero attached hydrogens (tertiary/aromatic N) is 6. The molecule has 1 N–H and O–H groups in total. The molecule has 9 heteroatoms. The quantitative estimate of drug-likeness (QED) is 0.653. The summed E-state index contributed by atoms with van der Waals surface area (Å²) in [5.74, 6) is 0.239. The molecule has 1 aliphatic rings. The monoisotopic (exact) mass is 347 g/mol. The Morgan fingerprint density at radius 2 is 2.08 bits per heavy atom. The summed E-state index contributed by atoms with van der Waals surface area (Å²) in [5.41, 5.74) is 3.15. The number of aromatic nitrogens is 4. The number of anilines is 1. The third-order valence-electron chi connectivity index (χ3n) is 3.66. The third kappa shape index (κ3) is 4.29. The molecule has 0 spiro atoms. The summed E-state index contributed by atoms with van der Waals surface area (Å²) in [5, 5.41) is 16.6. The Hall–Kier alpha value is -2.48. The lowest BCUT2D eigenvalue weighted by molar-refractivity contribution is -0.122. The molecule has 0 atom stereocenters. The predicted molar refractivity (Wildman–Crippen MR) is 91.1 cm³/mol. The topological polar surface area (TPSA) is 88.3 Å². The van der Waals surface area contributed by atoms with Crippen LogP contribution in [0.1, 0.15) is 24.8 Å². The van der Waals surface area contributed by atoms with E-state index in [2.05, 4.69) is 30.8 Å². The summed E-state index contributed by atoms with van der Waals surface area (Å²) >= 11 is 6.00. The Balaban J connectivity index is 1.52. The number of carbonyl (C=O) groups excluding carboxylic acids is 1. The molecule has 0 aliphatic carbocycles. The highest BCUT2D eigenvalue weighted by molar-refractivity contribution is 6.33. The van der Waals surface area contributed by atoms with Gasteiger partial charge < -0.3 is 4.90 Å². The summed E-state index contributed by atoms with van der Waals surface area (Å²) in [4.78, 5) is 15.2. The van der Waals surface area contributed by atoms with Gasteiger partial charge in [0.15, 0.2) is 0 Å². The van der Waals surface area contributed by atoms with Gasteiger partial charge in [-0.15, -0.1) is 5.10 Å². The highest BCUT2D eigenvalue weighted by Crippen LogP contribution is 2.14. The maximum Gasteiger partial charge on any atom is 0.266 e. The summed E-state index contributed by atoms with van der Waals surface area (Å²) in [7, 11) is 0. The predicted octanol–water partition coefficient (Wildman–Crippen LogP) is 1.47. The van der Waals surface area contributed by atoms with E-state index in [1.165, 1.54) is 17.4 Å². The van der Waals surface area contributed by atoms with Gasteiger partial charge in [0, 0.05) is 23.7 Å². The smallest absolute Gasteiger partial charge is 0.266 e. The average Bonchev–Trinajstić information content (AvgIpc) is 3.06. The first-order valence-electron chi connectivity index (χ1n) is 7.81. The van der Waals surface area contributed by atoms with Crippen LogP contribution in [0.4, 0.5) is 5.95 Å². The van der Waals surface area contributed by atoms with E-state index >= 15 is 0 Å². The van der Waals surface area contributed by atoms with Gasteiger partial charge in [-0.25, -0.2) is 5.43 Å². The van der Waals surface area contributed by atoms with Crippen LogP contribution in [0.25, 0.3) is 0 Å². The average molecular weight is 348 g/mol. The number of carbonyl (C=O) groups is 1. The molecule has 1 fully saturated rings. The number of benzene rings is 1. The lowest BCUT2D eigenvalue weighted by atomic mass is 10.1. The van der Waals surface area contributed by atoms with E-state index in [9.17, 15) is 4.79 Å². The van der Waals surface area contributed by atoms with Crippen LogP contribution >= 0.6 is 11.6 Å². The molecule has 1 amide bonds. The molecule has 0 saturated carbocycles. The maximum atomic E-state index is 11.9. The summed E-state index contributed by atoms with van der Waals surface area (Å²) in [6, 6.07) is 7.24. The molecule has 0 unspecified atom stereocenters. The van der Waals surface area contributed by atoms with Crippen LogP contribution in [0.3, 0.4) is 0 Å². The van der Waals surface area contributed by atoms with Gasteiger partial charge in [0.2, 0.25) is 0 Å². The lowest BCUT2D eigenvalue weighted by Gasteiger charge is -2.24. The van der Waals surface area contributed by atoms with E-state index in [0.29, 0.717) is 11.0 Å². The largest absolute Gasteiger partial charge is 0.338 e. The van der Waals surface area contributed by atoms with Crippen molar-refractivity contribution in [2.45, 2.75) is 25.8 Å². The molecule has 126 valence electrons. The fraction of sp³-hybridized carbons (Fsp3) is 0.400. The molecule has 1 aliphatic heterocycles. The molecule has 1 saturated heterocycles. The summed E-state index contributed by atoms with van der Waals surface area (Å²) in [6.45, 7) is 1.82. The number of hydrazone groups is 1. The van der Waals surface area contributed by atoms with Gasteiger partial charge >= 0.3 is 0 Å². The Morgan fingerprint density at radius 3 is 2.88 bits per heavy atom. The minimum atomic E-state index is -0.333. The van der Waals surface area contributed by atoms with Crippen molar-refractivity contribution in [3.63, 3.8) is 0 Å². The van der Waals surface area contributed by atoms with E-state index in [0.717, 1.165) is 31.5 Å². The van der Waals surface area contributed by atoms with Gasteiger partial charge in [0.25, 0.3) is 11.9 Å². The van der Waals surface area contributed by atoms with E-state index in [1.807, 2.05) is 18.2 Å². The summed E-state index contributed by atoms with van der Waals surface area (Å²) < 4.78 is 0. The van der Waals surface area contributed by atoms with Crippen LogP contribution in [0, 0.1) is 0 Å². The molecule has 0 bridgehead atoms. The number of tetrazole rings is 1. The van der Waals surface area contributed by atoms with Crippen LogP contribution in [-0.2, 0) is 11.3 Å². The molecular weight excluding hydrogens is 330 g/mol. The van der Waals surface area contributed by atoms with Crippen LogP contribution < -0.4 is 10.3 Å². The third-order valence-corrected chi connectivity index (χ3v) is 4.01. The first kappa shape index (κ1) is 16.4. The van der Waals surface area contributed by atoms with Crippen molar-refractivity contribution >= 4 is 29.7 Å². The van der Waals surface area contributed by atoms with Crippen LogP contribution in [0.15, 0.2) is 29.4 Å². The van der Waals surface area contributed by atoms with Gasteiger partial charge in [-0.2, -0.15) is 9.90 Å². The van der Waals surface area contributed by atoms with Crippen molar-refractivity contribution in [3.05, 3.63) is 34.9 Å². The molecule has 2 aromatic rings. The van der Waals surface area contributed by atoms with E-state index in [-0.39, 0.29) is 12.5 Å². The molecular formula is C15H18ClN7O. The maximum absolute atomic E-state index is 11.9. The first-order chi connectivity index (χ1) is 11.7. The van der Waals surface area contributed by atoms with E-state index < -0.39 is 0 Å². The molecule has 2 heterocycles. The Kier molecular flexibility index (Phi) is 5.37. The standard InChI is InChI=1S/C15H18ClN7O/c16-13-7-3-2-6-12(13)10-17-18-14(24)11-23-20-15(19-21-23)22-8-4-1-5-9-22/h2-3,6-7,10H,1,4-5,8-9,11H2,(H,18,24)/b17-10+. The van der Waals surface area contributed by atoms with Crippen LogP contribution in [0.2, 0.25) is 5.02 Å². The Morgan fingerprint density at radius 1 is 1.29 bits per heavy atom. The number of hydrogen-bond acceptors (Lipinski definition) is 6. The normalized spacial score (nSPS) is 15.0. The SMILES string of the molecule is O=C(Cn1nnc(N2CCCCC2)n1)N/N=C/c1ccccc1Cl. The molecule has 0 radical (unpaired) electrons. The second-order valence-electron chi connectivity index (χ2n) is 5.48. The highest BCUT2D eigenvalue weighted by Gasteiger charge is 2.16. The molecule has 8 nitrogen and oxygen atoms in total. The van der Waals surface area contributed by atoms with E-state index in [4.69, 9.17) is 11.6 Å². The number of piperidine rings is 1. The zero-order valence-corrected chi connectivity index (χ0v) is 13.9. The zero-order chi connectivity index (χ0) is 16.8. The van der Waals surface area contributed by atoms with Crippen molar-refractivity contribution in [2.24, 2.45) is 5.10 Å². The molecule has 1 aromatic carbocycles. The summed E-state index contributed by atoms with van der Waals surface area (Å²) in [6.07, 6.45) is 4.99. The number of rotatable bonds is 5. The molecule has 1 aromatic heterocycles. The fourth-order valence-electron chi connectivity index (χ4n) is 2.44. The van der Waals surface area contributed by atoms with Gasteiger partial charge in [-0.1, -0.05) is 34.9 Å². The van der Waals surface area contributed by atoms with Crippen molar-refractivity contribution in [3.8, 4) is 0 Å². The van der Waals surface area contributed by atoms with Gasteiger partial charge in [-0.05, 0) is 30.5 Å². The Bertz CT molecular complexity index is 724. The van der Waals surface area contributed by atoms with Gasteiger partial charge in [-0.3, -0.25) is 4.79 Å². The zero-order valence-electron chi connectivity index (χ0n) is 13.1. The second-order valence-corrected chi connectivity index (χ2v) is 5.89. The van der Waals surface area contributed by atoms with Crippen molar-refractivity contribution in [1.29, 1.82) is 0 Å². The second kappa shape index (κ2) is 7.87. The Labute approximate surface area is 144 Å². The minimum absolute atomic E-state index is 0.0410. The number of nitrogens with one attached hydrogen (secondary N) is 1. The van der Waals surface area contributed by atoms with Gasteiger partial charge in [0.1, 0.15) is 6.54 Å². The molecule has 3 rings (SSSR count). The number of amides is 1. The number of halogens is 1. The first-order valence-corrected chi connectivity index (χ1v) is 8.19. The van der Waals surface area contributed by atoms with Crippen molar-refractivity contribution in [1.82, 2.24) is 25.6 Å². The fourth-order valence-corrected chi connectivity index (χ4v) is 2.62. The van der Waals surface area contributed by atoms with Crippen molar-refractivity contribution < 1.29 is 4.79 Å². The molecule has 24 heavy (non-hydrogen) atoms. The van der Waals surface area contributed by atoms with Crippen LogP contribution in [-0.4, -0.2) is 45.4 Å². The lowest BCUT2D eigenvalue weighted by Crippen LogP contribution is -2.30. The van der Waals surface area contributed by atoms with Gasteiger partial charge in [0.05, 0.1) is 6.21 Å². The highest BCUT2D eigenvalue weighted by atomic mass is 35.5.